The molecule has 0 amide bonds. The molecular weight excluding hydrogens is 877 g/mol. The Bertz CT molecular complexity index is 1870. The monoisotopic (exact) mass is 963 g/mol. The number of aliphatic hydroxyl groups excluding tert-OH is 3. The van der Waals surface area contributed by atoms with Gasteiger partial charge < -0.3 is 69.5 Å². The van der Waals surface area contributed by atoms with Gasteiger partial charge in [0.05, 0.1) is 53.8 Å². The van der Waals surface area contributed by atoms with Crippen molar-refractivity contribution in [3.05, 3.63) is 36.2 Å². The third kappa shape index (κ3) is 13.3. The topological polar surface area (TPSA) is 237 Å². The molecule has 3 fully saturated rings. The minimum absolute atomic E-state index is 0.164. The number of cyclic esters (lactones) is 1. The smallest absolute Gasteiger partial charge is 0.309 e. The second-order valence-corrected chi connectivity index (χ2v) is 21.3. The molecule has 1 aromatic carbocycles. The first-order valence-corrected chi connectivity index (χ1v) is 24.8. The molecule has 4 heterocycles. The van der Waals surface area contributed by atoms with E-state index in [9.17, 15) is 30.3 Å². The number of carbonyl (C=O) groups excluding carboxylic acids is 1. The van der Waals surface area contributed by atoms with Crippen molar-refractivity contribution < 1.29 is 58.7 Å². The number of rotatable bonds is 14. The third-order valence-electron chi connectivity index (χ3n) is 15.4. The minimum Gasteiger partial charge on any atom is -0.494 e. The number of anilines is 1. The molecule has 18 atom stereocenters. The molecular formula is C50H86N6O12. The number of aromatic nitrogens is 3. The van der Waals surface area contributed by atoms with Crippen molar-refractivity contribution in [3.63, 3.8) is 0 Å². The lowest BCUT2D eigenvalue weighted by Gasteiger charge is -2.51. The highest BCUT2D eigenvalue weighted by molar-refractivity contribution is 5.73. The molecule has 0 bridgehead atoms. The van der Waals surface area contributed by atoms with Crippen LogP contribution in [0.4, 0.5) is 5.69 Å². The van der Waals surface area contributed by atoms with Crippen LogP contribution < -0.4 is 10.5 Å². The second kappa shape index (κ2) is 23.5. The van der Waals surface area contributed by atoms with Crippen molar-refractivity contribution in [2.45, 2.75) is 198 Å². The molecule has 3 saturated heterocycles. The summed E-state index contributed by atoms with van der Waals surface area (Å²) in [6, 6.07) is 6.35. The first-order valence-electron chi connectivity index (χ1n) is 24.8. The maximum Gasteiger partial charge on any atom is 0.309 e. The van der Waals surface area contributed by atoms with Crippen molar-refractivity contribution in [2.24, 2.45) is 23.7 Å². The van der Waals surface area contributed by atoms with Crippen LogP contribution in [0.5, 0.6) is 5.75 Å². The SMILES string of the molecule is CC[C@H]1OC(=O)[C@H](C)[C@@H](C2C[C@@](C)(OC)[C@@H](O)[C@H](C)O2)[C@H](C)[C@@H](O[C@@H]2O[C@H](C)C[C@H](N(C)CCc3cn(CCCOc4ccc(N)cc4)nn3)[C@H]2O)[C@](C)(O)C[C@@H](C)CN(C)[C@H](C)[C@@H](O)[C@]1(C)O. The van der Waals surface area contributed by atoms with Crippen LogP contribution in [-0.4, -0.2) is 181 Å². The maximum absolute atomic E-state index is 14.6. The predicted octanol–water partition coefficient (Wildman–Crippen LogP) is 3.43. The Balaban J connectivity index is 1.41. The Kier molecular flexibility index (Phi) is 19.3. The van der Waals surface area contributed by atoms with Gasteiger partial charge in [-0.05, 0) is 111 Å². The number of likely N-dealkylation sites (N-methyl/N-ethyl adjacent to an activating group) is 2. The van der Waals surface area contributed by atoms with Crippen molar-refractivity contribution in [1.82, 2.24) is 24.8 Å². The van der Waals surface area contributed by atoms with Crippen LogP contribution in [0, 0.1) is 23.7 Å². The van der Waals surface area contributed by atoms with E-state index >= 15 is 0 Å². The summed E-state index contributed by atoms with van der Waals surface area (Å²) in [7, 11) is 5.34. The van der Waals surface area contributed by atoms with Gasteiger partial charge in [0.25, 0.3) is 0 Å². The fourth-order valence-electron chi connectivity index (χ4n) is 11.2. The normalized spacial score (nSPS) is 40.6. The van der Waals surface area contributed by atoms with E-state index in [2.05, 4.69) is 15.2 Å². The summed E-state index contributed by atoms with van der Waals surface area (Å²) in [6.45, 7) is 20.1. The van der Waals surface area contributed by atoms with Crippen molar-refractivity contribution in [3.8, 4) is 5.75 Å². The molecule has 5 rings (SSSR count). The largest absolute Gasteiger partial charge is 0.494 e. The Morgan fingerprint density at radius 3 is 2.31 bits per heavy atom. The maximum atomic E-state index is 14.6. The number of ether oxygens (including phenoxy) is 6. The van der Waals surface area contributed by atoms with Crippen molar-refractivity contribution in [1.29, 1.82) is 0 Å². The zero-order chi connectivity index (χ0) is 50.5. The van der Waals surface area contributed by atoms with Crippen LogP contribution in [0.2, 0.25) is 0 Å². The van der Waals surface area contributed by atoms with E-state index in [4.69, 9.17) is 34.2 Å². The van der Waals surface area contributed by atoms with Gasteiger partial charge in [0.2, 0.25) is 0 Å². The summed E-state index contributed by atoms with van der Waals surface area (Å²) >= 11 is 0. The van der Waals surface area contributed by atoms with Gasteiger partial charge in [0.1, 0.15) is 35.8 Å². The minimum atomic E-state index is -1.81. The number of carbonyl (C=O) groups is 1. The number of nitrogens with two attached hydrogens (primary N) is 1. The molecule has 0 radical (unpaired) electrons. The van der Waals surface area contributed by atoms with Gasteiger partial charge >= 0.3 is 5.97 Å². The van der Waals surface area contributed by atoms with E-state index in [1.807, 2.05) is 71.9 Å². The molecule has 18 heteroatoms. The van der Waals surface area contributed by atoms with Crippen LogP contribution in [0.1, 0.15) is 107 Å². The third-order valence-corrected chi connectivity index (χ3v) is 15.4. The number of methoxy groups -OCH3 is 1. The standard InChI is InChI=1S/C50H86N6O12/c1-14-40-50(10,62)43(58)33(6)55(12)27-29(2)25-48(8,61)45(31(4)41(32(5)46(60)67-40)39-26-49(9,63-13)44(59)34(7)66-39)68-47-42(57)38(24-30(3)65-47)54(11)22-20-36-28-56(53-52-36)21-15-23-64-37-18-16-35(51)17-19-37/h16-19,28-34,38-45,47,57-59,61-62H,14-15,20-27,51H2,1-13H3/t29-,30-,31+,32-,33-,34+,38+,39?,40-,41+,42-,43-,44+,45-,47+,48-,49-,50-/m1/s1. The fourth-order valence-corrected chi connectivity index (χ4v) is 11.2. The molecule has 0 spiro atoms. The molecule has 18 nitrogen and oxygen atoms in total. The van der Waals surface area contributed by atoms with Gasteiger partial charge in [-0.15, -0.1) is 5.10 Å². The predicted molar refractivity (Wildman–Crippen MR) is 256 cm³/mol. The number of nitrogen functional groups attached to an aromatic ring is 1. The quantitative estimate of drug-likeness (QED) is 0.0904. The van der Waals surface area contributed by atoms with E-state index in [1.165, 1.54) is 14.0 Å². The number of esters is 1. The highest BCUT2D eigenvalue weighted by Gasteiger charge is 2.55. The molecule has 7 N–H and O–H groups in total. The number of aryl methyl sites for hydroxylation is 1. The fraction of sp³-hybridized carbons (Fsp3) is 0.820. The van der Waals surface area contributed by atoms with E-state index in [-0.39, 0.29) is 37.3 Å². The number of benzene rings is 1. The Labute approximate surface area is 404 Å². The van der Waals surface area contributed by atoms with Crippen LogP contribution in [0.3, 0.4) is 0 Å². The lowest BCUT2D eigenvalue weighted by atomic mass is 9.68. The summed E-state index contributed by atoms with van der Waals surface area (Å²) in [6.07, 6.45) is -3.99. The first-order chi connectivity index (χ1) is 31.8. The highest BCUT2D eigenvalue weighted by atomic mass is 16.7. The first kappa shape index (κ1) is 55.9. The van der Waals surface area contributed by atoms with E-state index < -0.39 is 95.6 Å². The van der Waals surface area contributed by atoms with E-state index in [0.29, 0.717) is 44.8 Å². The van der Waals surface area contributed by atoms with Gasteiger partial charge in [-0.2, -0.15) is 0 Å². The molecule has 3 aliphatic rings. The lowest BCUT2D eigenvalue weighted by molar-refractivity contribution is -0.302. The van der Waals surface area contributed by atoms with Crippen LogP contribution in [0.15, 0.2) is 30.5 Å². The van der Waals surface area contributed by atoms with E-state index in [1.54, 1.807) is 44.5 Å². The number of aliphatic hydroxyl groups is 5. The Morgan fingerprint density at radius 2 is 1.66 bits per heavy atom. The zero-order valence-corrected chi connectivity index (χ0v) is 43.0. The van der Waals surface area contributed by atoms with Crippen molar-refractivity contribution >= 4 is 11.7 Å². The Hall–Kier alpha value is -3.01. The second-order valence-electron chi connectivity index (χ2n) is 21.3. The summed E-state index contributed by atoms with van der Waals surface area (Å²) in [5, 5.41) is 68.7. The van der Waals surface area contributed by atoms with Gasteiger partial charge in [0.15, 0.2) is 6.29 Å². The Morgan fingerprint density at radius 1 is 0.985 bits per heavy atom. The zero-order valence-electron chi connectivity index (χ0n) is 43.0. The molecule has 2 aromatic rings. The molecule has 0 aliphatic carbocycles. The molecule has 3 aliphatic heterocycles. The molecule has 1 aromatic heterocycles. The van der Waals surface area contributed by atoms with Gasteiger partial charge in [0, 0.05) is 75.9 Å². The van der Waals surface area contributed by atoms with Crippen LogP contribution >= 0.6 is 0 Å². The number of hydrogen-bond donors (Lipinski definition) is 6. The number of hydrogen-bond acceptors (Lipinski definition) is 17. The molecule has 1 unspecified atom stereocenters. The molecule has 0 saturated carbocycles. The summed E-state index contributed by atoms with van der Waals surface area (Å²) in [5.74, 6) is -2.34. The van der Waals surface area contributed by atoms with E-state index in [0.717, 1.165) is 17.9 Å². The summed E-state index contributed by atoms with van der Waals surface area (Å²) < 4.78 is 39.8. The van der Waals surface area contributed by atoms with Crippen molar-refractivity contribution in [2.75, 3.05) is 46.6 Å². The van der Waals surface area contributed by atoms with Gasteiger partial charge in [-0.25, -0.2) is 0 Å². The average Bonchev–Trinajstić information content (AvgIpc) is 3.74. The van der Waals surface area contributed by atoms with Crippen LogP contribution in [0.25, 0.3) is 0 Å². The summed E-state index contributed by atoms with van der Waals surface area (Å²) in [5.41, 5.74) is 2.84. The highest BCUT2D eigenvalue weighted by Crippen LogP contribution is 2.45. The molecule has 68 heavy (non-hydrogen) atoms. The lowest BCUT2D eigenvalue weighted by Crippen LogP contribution is -2.62. The molecule has 388 valence electrons. The number of nitrogens with zero attached hydrogens (tertiary/aromatic N) is 5. The van der Waals surface area contributed by atoms with Gasteiger partial charge in [-0.3, -0.25) is 9.48 Å². The van der Waals surface area contributed by atoms with Crippen LogP contribution in [-0.2, 0) is 41.4 Å². The van der Waals surface area contributed by atoms with Gasteiger partial charge in [-0.1, -0.05) is 32.9 Å². The average molecular weight is 963 g/mol. The summed E-state index contributed by atoms with van der Waals surface area (Å²) in [4.78, 5) is 18.6.